The van der Waals surface area contributed by atoms with Gasteiger partial charge in [0.15, 0.2) is 4.96 Å². The lowest BCUT2D eigenvalue weighted by atomic mass is 10.0. The topological polar surface area (TPSA) is 41.1 Å². The second-order valence-electron chi connectivity index (χ2n) is 7.33. The van der Waals surface area contributed by atoms with Crippen molar-refractivity contribution >= 4 is 51.1 Å². The molecule has 30 heavy (non-hydrogen) atoms. The van der Waals surface area contributed by atoms with Crippen molar-refractivity contribution in [2.75, 3.05) is 0 Å². The summed E-state index contributed by atoms with van der Waals surface area (Å²) in [5, 5.41) is 11.2. The molecule has 1 aliphatic carbocycles. The third kappa shape index (κ3) is 3.44. The Bertz CT molecular complexity index is 1320. The van der Waals surface area contributed by atoms with Gasteiger partial charge >= 0.3 is 0 Å². The number of rotatable bonds is 3. The molecule has 2 aromatic heterocycles. The van der Waals surface area contributed by atoms with E-state index >= 15 is 0 Å². The van der Waals surface area contributed by atoms with E-state index in [0.29, 0.717) is 15.6 Å². The van der Waals surface area contributed by atoms with E-state index in [2.05, 4.69) is 10.5 Å². The van der Waals surface area contributed by atoms with Crippen LogP contribution in [0.1, 0.15) is 34.7 Å². The van der Waals surface area contributed by atoms with Crippen molar-refractivity contribution in [3.05, 3.63) is 80.4 Å². The monoisotopic (exact) mass is 449 g/mol. The number of nitriles is 1. The SMILES string of the molecule is N#CC(=Cc1c(-c2ccc(Cl)cc2)nc2sc3c(n12)CCCC3)c1cccc(Cl)c1. The third-order valence-electron chi connectivity index (χ3n) is 5.41. The zero-order chi connectivity index (χ0) is 20.7. The zero-order valence-corrected chi connectivity index (χ0v) is 18.4. The lowest BCUT2D eigenvalue weighted by Crippen LogP contribution is -2.04. The highest BCUT2D eigenvalue weighted by Crippen LogP contribution is 2.37. The Kier molecular flexibility index (Phi) is 5.12. The van der Waals surface area contributed by atoms with Crippen LogP contribution in [-0.2, 0) is 12.8 Å². The van der Waals surface area contributed by atoms with Crippen molar-refractivity contribution < 1.29 is 0 Å². The minimum Gasteiger partial charge on any atom is -0.287 e. The molecule has 0 saturated carbocycles. The lowest BCUT2D eigenvalue weighted by Gasteiger charge is -2.12. The van der Waals surface area contributed by atoms with E-state index in [1.54, 1.807) is 11.3 Å². The van der Waals surface area contributed by atoms with Crippen LogP contribution < -0.4 is 0 Å². The first kappa shape index (κ1) is 19.4. The molecule has 0 aliphatic heterocycles. The van der Waals surface area contributed by atoms with E-state index in [1.807, 2.05) is 54.6 Å². The number of aryl methyl sites for hydroxylation is 2. The smallest absolute Gasteiger partial charge is 0.195 e. The Balaban J connectivity index is 1.77. The van der Waals surface area contributed by atoms with Gasteiger partial charge in [-0.2, -0.15) is 5.26 Å². The highest BCUT2D eigenvalue weighted by molar-refractivity contribution is 7.17. The minimum absolute atomic E-state index is 0.560. The normalized spacial score (nSPS) is 14.0. The molecule has 0 atom stereocenters. The maximum Gasteiger partial charge on any atom is 0.195 e. The van der Waals surface area contributed by atoms with Crippen LogP contribution in [0.4, 0.5) is 0 Å². The second kappa shape index (κ2) is 7.92. The molecule has 0 unspecified atom stereocenters. The molecule has 0 spiro atoms. The van der Waals surface area contributed by atoms with Gasteiger partial charge in [-0.05, 0) is 61.6 Å². The molecular formula is C24H17Cl2N3S. The summed E-state index contributed by atoms with van der Waals surface area (Å²) in [7, 11) is 0. The average molecular weight is 450 g/mol. The Morgan fingerprint density at radius 1 is 1.07 bits per heavy atom. The van der Waals surface area contributed by atoms with E-state index in [4.69, 9.17) is 28.2 Å². The molecule has 0 bridgehead atoms. The number of aromatic nitrogens is 2. The van der Waals surface area contributed by atoms with Crippen molar-refractivity contribution in [3.8, 4) is 17.3 Å². The van der Waals surface area contributed by atoms with Crippen LogP contribution in [0.2, 0.25) is 10.0 Å². The van der Waals surface area contributed by atoms with Crippen LogP contribution in [0.15, 0.2) is 48.5 Å². The predicted octanol–water partition coefficient (Wildman–Crippen LogP) is 7.31. The van der Waals surface area contributed by atoms with Crippen LogP contribution in [0.25, 0.3) is 27.9 Å². The highest BCUT2D eigenvalue weighted by atomic mass is 35.5. The molecule has 1 aliphatic rings. The van der Waals surface area contributed by atoms with Crippen molar-refractivity contribution in [1.82, 2.24) is 9.38 Å². The van der Waals surface area contributed by atoms with Crippen LogP contribution >= 0.6 is 34.5 Å². The fourth-order valence-corrected chi connectivity index (χ4v) is 5.52. The molecule has 6 heteroatoms. The van der Waals surface area contributed by atoms with Gasteiger partial charge in [-0.25, -0.2) is 4.98 Å². The van der Waals surface area contributed by atoms with Gasteiger partial charge in [0.1, 0.15) is 0 Å². The van der Waals surface area contributed by atoms with Gasteiger partial charge in [-0.3, -0.25) is 4.40 Å². The molecule has 0 N–H and O–H groups in total. The first-order chi connectivity index (χ1) is 14.6. The number of hydrogen-bond acceptors (Lipinski definition) is 3. The molecule has 0 saturated heterocycles. The number of nitrogens with zero attached hydrogens (tertiary/aromatic N) is 3. The number of fused-ring (bicyclic) bond motifs is 3. The number of benzene rings is 2. The average Bonchev–Trinajstić information content (AvgIpc) is 3.29. The van der Waals surface area contributed by atoms with Crippen molar-refractivity contribution in [3.63, 3.8) is 0 Å². The van der Waals surface area contributed by atoms with Crippen LogP contribution in [-0.4, -0.2) is 9.38 Å². The Morgan fingerprint density at radius 3 is 2.63 bits per heavy atom. The molecule has 0 amide bonds. The maximum absolute atomic E-state index is 9.92. The zero-order valence-electron chi connectivity index (χ0n) is 16.0. The van der Waals surface area contributed by atoms with E-state index in [-0.39, 0.29) is 0 Å². The lowest BCUT2D eigenvalue weighted by molar-refractivity contribution is 0.674. The summed E-state index contributed by atoms with van der Waals surface area (Å²) in [5.74, 6) is 0. The summed E-state index contributed by atoms with van der Waals surface area (Å²) in [5.41, 5.74) is 5.46. The maximum atomic E-state index is 9.92. The predicted molar refractivity (Wildman–Crippen MR) is 125 cm³/mol. The molecule has 0 fully saturated rings. The Hall–Kier alpha value is -2.58. The molecule has 0 radical (unpaired) electrons. The Morgan fingerprint density at radius 2 is 1.87 bits per heavy atom. The van der Waals surface area contributed by atoms with Crippen LogP contribution in [0, 0.1) is 11.3 Å². The van der Waals surface area contributed by atoms with E-state index in [0.717, 1.165) is 40.3 Å². The van der Waals surface area contributed by atoms with E-state index in [9.17, 15) is 5.26 Å². The molecule has 148 valence electrons. The molecular weight excluding hydrogens is 433 g/mol. The van der Waals surface area contributed by atoms with Gasteiger partial charge in [0.2, 0.25) is 0 Å². The van der Waals surface area contributed by atoms with Gasteiger partial charge < -0.3 is 0 Å². The first-order valence-corrected chi connectivity index (χ1v) is 11.4. The number of imidazole rings is 1. The number of hydrogen-bond donors (Lipinski definition) is 0. The van der Waals surface area contributed by atoms with Crippen molar-refractivity contribution in [2.45, 2.75) is 25.7 Å². The van der Waals surface area contributed by atoms with Gasteiger partial charge in [0.25, 0.3) is 0 Å². The summed E-state index contributed by atoms with van der Waals surface area (Å²) in [6.07, 6.45) is 6.47. The van der Waals surface area contributed by atoms with Gasteiger partial charge in [0, 0.05) is 26.2 Å². The summed E-state index contributed by atoms with van der Waals surface area (Å²) < 4.78 is 2.24. The molecule has 2 heterocycles. The van der Waals surface area contributed by atoms with Crippen molar-refractivity contribution in [1.29, 1.82) is 5.26 Å². The number of halogens is 2. The van der Waals surface area contributed by atoms with E-state index < -0.39 is 0 Å². The van der Waals surface area contributed by atoms with Crippen LogP contribution in [0.5, 0.6) is 0 Å². The van der Waals surface area contributed by atoms with Gasteiger partial charge in [-0.1, -0.05) is 47.5 Å². The summed E-state index contributed by atoms with van der Waals surface area (Å²) in [6, 6.07) is 17.4. The molecule has 4 aromatic rings. The third-order valence-corrected chi connectivity index (χ3v) is 7.04. The minimum atomic E-state index is 0.560. The quantitative estimate of drug-likeness (QED) is 0.307. The summed E-state index contributed by atoms with van der Waals surface area (Å²) >= 11 is 14.0. The summed E-state index contributed by atoms with van der Waals surface area (Å²) in [6.45, 7) is 0. The molecule has 5 rings (SSSR count). The fraction of sp³-hybridized carbons (Fsp3) is 0.167. The molecule has 3 nitrogen and oxygen atoms in total. The number of allylic oxidation sites excluding steroid dienone is 1. The standard InChI is InChI=1S/C24H17Cl2N3S/c25-18-10-8-15(9-11-18)23-21(13-17(14-27)16-4-3-5-19(26)12-16)29-20-6-1-2-7-22(20)30-24(29)28-23/h3-5,8-13H,1-2,6-7H2. The van der Waals surface area contributed by atoms with Crippen LogP contribution in [0.3, 0.4) is 0 Å². The summed E-state index contributed by atoms with van der Waals surface area (Å²) in [4.78, 5) is 7.35. The second-order valence-corrected chi connectivity index (χ2v) is 9.26. The fourth-order valence-electron chi connectivity index (χ4n) is 3.99. The first-order valence-electron chi connectivity index (χ1n) is 9.81. The molecule has 2 aromatic carbocycles. The number of thiazole rings is 1. The van der Waals surface area contributed by atoms with E-state index in [1.165, 1.54) is 23.4 Å². The largest absolute Gasteiger partial charge is 0.287 e. The Labute approximate surface area is 188 Å². The van der Waals surface area contributed by atoms with Crippen molar-refractivity contribution in [2.24, 2.45) is 0 Å². The van der Waals surface area contributed by atoms with Gasteiger partial charge in [-0.15, -0.1) is 11.3 Å². The van der Waals surface area contributed by atoms with Gasteiger partial charge in [0.05, 0.1) is 23.0 Å². The highest BCUT2D eigenvalue weighted by Gasteiger charge is 2.23.